The van der Waals surface area contributed by atoms with Crippen molar-refractivity contribution in [3.8, 4) is 16.2 Å². The van der Waals surface area contributed by atoms with E-state index in [4.69, 9.17) is 4.98 Å². The van der Waals surface area contributed by atoms with Crippen LogP contribution in [0.25, 0.3) is 26.8 Å². The quantitative estimate of drug-likeness (QED) is 0.661. The van der Waals surface area contributed by atoms with Gasteiger partial charge in [0.05, 0.1) is 16.1 Å². The average Bonchev–Trinajstić information content (AvgIpc) is 3.32. The number of aryl methyl sites for hydroxylation is 1. The number of aliphatic imine (C=N–C) groups is 1. The topological polar surface area (TPSA) is 70.2 Å². The lowest BCUT2D eigenvalue weighted by Crippen LogP contribution is -2.25. The highest BCUT2D eigenvalue weighted by Crippen LogP contribution is 2.38. The van der Waals surface area contributed by atoms with Crippen LogP contribution in [0.5, 0.6) is 5.75 Å². The molecule has 0 aliphatic carbocycles. The molecule has 1 aliphatic heterocycles. The van der Waals surface area contributed by atoms with Crippen molar-refractivity contribution in [2.75, 3.05) is 7.05 Å². The number of hydrogen-bond donors (Lipinski definition) is 1. The average molecular weight is 401 g/mol. The second-order valence-corrected chi connectivity index (χ2v) is 7.50. The van der Waals surface area contributed by atoms with E-state index >= 15 is 0 Å². The van der Waals surface area contributed by atoms with E-state index in [2.05, 4.69) is 21.6 Å². The van der Waals surface area contributed by atoms with Crippen molar-refractivity contribution in [3.05, 3.63) is 76.6 Å². The van der Waals surface area contributed by atoms with Crippen LogP contribution in [0.4, 0.5) is 0 Å². The monoisotopic (exact) mass is 400 g/mol. The summed E-state index contributed by atoms with van der Waals surface area (Å²) in [7, 11) is 1.66. The van der Waals surface area contributed by atoms with Gasteiger partial charge >= 0.3 is 0 Å². The molecule has 2 heterocycles. The van der Waals surface area contributed by atoms with E-state index in [0.717, 1.165) is 37.3 Å². The van der Waals surface area contributed by atoms with Gasteiger partial charge in [0, 0.05) is 23.4 Å². The number of phenolic OH excluding ortho intramolecular Hbond substituents is 1. The number of aromatic hydroxyl groups is 1. The van der Waals surface area contributed by atoms with Gasteiger partial charge in [-0.2, -0.15) is 0 Å². The van der Waals surface area contributed by atoms with Gasteiger partial charge in [0.2, 0.25) is 5.96 Å². The molecule has 3 aromatic rings. The number of aromatic nitrogens is 1. The first-order valence-electron chi connectivity index (χ1n) is 9.20. The lowest BCUT2D eigenvalue weighted by molar-refractivity contribution is 0.483. The van der Waals surface area contributed by atoms with Gasteiger partial charge < -0.3 is 5.11 Å². The Kier molecular flexibility index (Phi) is 4.94. The number of thiazole rings is 1. The molecule has 4 rings (SSSR count). The Morgan fingerprint density at radius 1 is 1.17 bits per heavy atom. The third-order valence-corrected chi connectivity index (χ3v) is 5.90. The molecule has 0 radical (unpaired) electrons. The summed E-state index contributed by atoms with van der Waals surface area (Å²) in [5.74, 6) is 0.592. The summed E-state index contributed by atoms with van der Waals surface area (Å²) in [6, 6.07) is 7.67. The summed E-state index contributed by atoms with van der Waals surface area (Å²) >= 11 is 1.52. The summed E-state index contributed by atoms with van der Waals surface area (Å²) in [4.78, 5) is 18.9. The Hall–Kier alpha value is -3.38. The van der Waals surface area contributed by atoms with Crippen molar-refractivity contribution >= 4 is 33.6 Å². The first-order chi connectivity index (χ1) is 14.1. The Bertz CT molecular complexity index is 1360. The molecular weight excluding hydrogens is 380 g/mol. The maximum Gasteiger partial charge on any atom is 0.245 e. The Morgan fingerprint density at radius 3 is 2.59 bits per heavy atom. The van der Waals surface area contributed by atoms with Gasteiger partial charge in [0.15, 0.2) is 0 Å². The molecule has 6 heteroatoms. The summed E-state index contributed by atoms with van der Waals surface area (Å²) in [6.07, 6.45) is 7.63. The Morgan fingerprint density at radius 2 is 1.90 bits per heavy atom. The number of allylic oxidation sites excluding steroid dienone is 5. The second-order valence-electron chi connectivity index (χ2n) is 6.50. The van der Waals surface area contributed by atoms with E-state index in [9.17, 15) is 5.11 Å². The van der Waals surface area contributed by atoms with E-state index in [0.29, 0.717) is 16.9 Å². The van der Waals surface area contributed by atoms with Gasteiger partial charge in [-0.1, -0.05) is 55.1 Å². The molecule has 1 aliphatic rings. The maximum atomic E-state index is 11.2. The number of nitrogens with zero attached hydrogens (tertiary/aromatic N) is 4. The normalized spacial score (nSPS) is 15.0. The van der Waals surface area contributed by atoms with Crippen molar-refractivity contribution in [1.29, 1.82) is 0 Å². The maximum absolute atomic E-state index is 11.2. The molecule has 1 N–H and O–H groups in total. The van der Waals surface area contributed by atoms with Crippen LogP contribution in [0, 0.1) is 6.92 Å². The van der Waals surface area contributed by atoms with Gasteiger partial charge in [-0.25, -0.2) is 15.0 Å². The molecule has 5 nitrogen and oxygen atoms in total. The molecule has 2 aromatic carbocycles. The van der Waals surface area contributed by atoms with Gasteiger partial charge in [0.25, 0.3) is 0 Å². The minimum Gasteiger partial charge on any atom is -0.507 e. The van der Waals surface area contributed by atoms with Crippen LogP contribution >= 0.6 is 11.3 Å². The van der Waals surface area contributed by atoms with E-state index < -0.39 is 0 Å². The first kappa shape index (κ1) is 19.0. The lowest BCUT2D eigenvalue weighted by atomic mass is 10.0. The van der Waals surface area contributed by atoms with Gasteiger partial charge in [-0.15, -0.1) is 11.3 Å². The molecule has 0 saturated heterocycles. The van der Waals surface area contributed by atoms with Crippen molar-refractivity contribution in [2.45, 2.75) is 13.8 Å². The van der Waals surface area contributed by atoms with Crippen LogP contribution in [0.1, 0.15) is 17.6 Å². The lowest BCUT2D eigenvalue weighted by Gasteiger charge is -2.07. The minimum atomic E-state index is 0.189. The fourth-order valence-corrected chi connectivity index (χ4v) is 4.53. The fraction of sp³-hybridized carbons (Fsp3) is 0.130. The van der Waals surface area contributed by atoms with Crippen LogP contribution in [-0.2, 0) is 0 Å². The fourth-order valence-electron chi connectivity index (χ4n) is 3.41. The summed E-state index contributed by atoms with van der Waals surface area (Å²) in [5.41, 5.74) is 2.45. The smallest absolute Gasteiger partial charge is 0.245 e. The molecule has 1 aromatic heterocycles. The number of hydrogen-bond acceptors (Lipinski definition) is 4. The highest BCUT2D eigenvalue weighted by molar-refractivity contribution is 7.16. The van der Waals surface area contributed by atoms with E-state index in [1.54, 1.807) is 13.1 Å². The summed E-state index contributed by atoms with van der Waals surface area (Å²) in [6.45, 7) is 7.70. The van der Waals surface area contributed by atoms with Gasteiger partial charge in [0.1, 0.15) is 21.5 Å². The predicted molar refractivity (Wildman–Crippen MR) is 120 cm³/mol. The van der Waals surface area contributed by atoms with Gasteiger partial charge in [-0.3, -0.25) is 4.99 Å². The van der Waals surface area contributed by atoms with Crippen LogP contribution in [0.15, 0.2) is 70.1 Å². The molecule has 0 fully saturated rings. The highest BCUT2D eigenvalue weighted by atomic mass is 32.1. The molecule has 0 saturated carbocycles. The molecule has 0 amide bonds. The van der Waals surface area contributed by atoms with E-state index in [-0.39, 0.29) is 5.75 Å². The molecule has 0 spiro atoms. The minimum absolute atomic E-state index is 0.189. The Balaban J connectivity index is 2.08. The van der Waals surface area contributed by atoms with Crippen molar-refractivity contribution in [1.82, 2.24) is 4.98 Å². The summed E-state index contributed by atoms with van der Waals surface area (Å²) in [5, 5.41) is 15.0. The van der Waals surface area contributed by atoms with E-state index in [1.807, 2.05) is 56.3 Å². The number of fused-ring (bicyclic) bond motifs is 3. The van der Waals surface area contributed by atoms with E-state index in [1.165, 1.54) is 11.3 Å². The number of rotatable bonds is 4. The van der Waals surface area contributed by atoms with Crippen LogP contribution < -0.4 is 10.7 Å². The first-order valence-corrected chi connectivity index (χ1v) is 10.0. The zero-order valence-electron chi connectivity index (χ0n) is 16.5. The van der Waals surface area contributed by atoms with Gasteiger partial charge in [-0.05, 0) is 13.8 Å². The molecule has 29 heavy (non-hydrogen) atoms. The SMILES string of the molecule is C=C/C=C(\C=C/C)c1nc(C)c(-c2c(O)c3ccccc3c3c2=NC(=NC)N=3)s1. The Labute approximate surface area is 172 Å². The predicted octanol–water partition coefficient (Wildman–Crippen LogP) is 4.36. The molecule has 0 unspecified atom stereocenters. The molecule has 0 bridgehead atoms. The molecule has 0 atom stereocenters. The zero-order chi connectivity index (χ0) is 20.5. The standard InChI is InChI=1S/C23H20N4OS/c1-5-9-14(10-6-2)22-25-13(3)21(29-22)17-19-18(26-23(24-4)27-19)15-11-7-8-12-16(15)20(17)28/h5-12,28H,1H2,2-4H3/b10-6-,14-9+,24-23?. The third kappa shape index (κ3) is 3.11. The van der Waals surface area contributed by atoms with Crippen molar-refractivity contribution in [3.63, 3.8) is 0 Å². The molecule has 144 valence electrons. The van der Waals surface area contributed by atoms with Crippen molar-refractivity contribution < 1.29 is 5.11 Å². The third-order valence-electron chi connectivity index (χ3n) is 4.67. The zero-order valence-corrected chi connectivity index (χ0v) is 17.3. The van der Waals surface area contributed by atoms with Crippen molar-refractivity contribution in [2.24, 2.45) is 15.0 Å². The largest absolute Gasteiger partial charge is 0.507 e. The van der Waals surface area contributed by atoms with Crippen LogP contribution in [-0.4, -0.2) is 23.1 Å². The highest BCUT2D eigenvalue weighted by Gasteiger charge is 2.22. The number of guanidine groups is 1. The number of phenols is 1. The molecular formula is C23H20N4OS. The van der Waals surface area contributed by atoms with Crippen LogP contribution in [0.3, 0.4) is 0 Å². The van der Waals surface area contributed by atoms with Crippen LogP contribution in [0.2, 0.25) is 0 Å². The summed E-state index contributed by atoms with van der Waals surface area (Å²) < 4.78 is 0. The number of benzene rings is 2. The second kappa shape index (κ2) is 7.56.